The van der Waals surface area contributed by atoms with Crippen LogP contribution in [0.4, 0.5) is 0 Å². The molecule has 0 unspecified atom stereocenters. The van der Waals surface area contributed by atoms with Crippen LogP contribution >= 0.6 is 7.26 Å². The second-order valence-electron chi connectivity index (χ2n) is 7.46. The van der Waals surface area contributed by atoms with Crippen molar-refractivity contribution in [2.24, 2.45) is 0 Å². The summed E-state index contributed by atoms with van der Waals surface area (Å²) in [6, 6.07) is 36.6. The maximum Gasteiger partial charge on any atom is 0.204 e. The summed E-state index contributed by atoms with van der Waals surface area (Å²) in [5.41, 5.74) is 0.541. The normalized spacial score (nSPS) is 11.1. The van der Waals surface area contributed by atoms with Gasteiger partial charge in [0.05, 0.1) is 19.8 Å². The molecule has 0 amide bonds. The van der Waals surface area contributed by atoms with Crippen LogP contribution in [0.15, 0.2) is 109 Å². The molecule has 0 radical (unpaired) electrons. The number of benzene rings is 4. The van der Waals surface area contributed by atoms with Crippen molar-refractivity contribution in [3.05, 3.63) is 115 Å². The van der Waals surface area contributed by atoms with Crippen molar-refractivity contribution >= 4 is 29.0 Å². The van der Waals surface area contributed by atoms with E-state index in [0.717, 1.165) is 0 Å². The summed E-state index contributed by atoms with van der Waals surface area (Å²) >= 11 is 0. The molecule has 0 aliphatic heterocycles. The minimum absolute atomic E-state index is 0.0330. The molecule has 4 heteroatoms. The molecule has 0 aromatic heterocycles. The minimum atomic E-state index is -2.27. The number of ketones is 1. The number of carbonyl (C=O) groups excluding carboxylic acids is 1. The van der Waals surface area contributed by atoms with E-state index in [2.05, 4.69) is 36.4 Å². The van der Waals surface area contributed by atoms with Gasteiger partial charge in [0, 0.05) is 0 Å². The van der Waals surface area contributed by atoms with E-state index in [4.69, 9.17) is 9.47 Å². The molecule has 32 heavy (non-hydrogen) atoms. The first-order valence-corrected chi connectivity index (χ1v) is 12.5. The molecule has 160 valence electrons. The minimum Gasteiger partial charge on any atom is -0.497 e. The van der Waals surface area contributed by atoms with E-state index in [0.29, 0.717) is 23.2 Å². The SMILES string of the molecule is COc1ccc(OC)c(C(=O)C[P+](c2ccccc2)(c2ccccc2)c2ccccc2)c1. The van der Waals surface area contributed by atoms with Crippen molar-refractivity contribution < 1.29 is 14.3 Å². The summed E-state index contributed by atoms with van der Waals surface area (Å²) in [4.78, 5) is 13.9. The van der Waals surface area contributed by atoms with Crippen LogP contribution in [-0.2, 0) is 0 Å². The number of hydrogen-bond donors (Lipinski definition) is 0. The molecular formula is C28H26O3P+. The lowest BCUT2D eigenvalue weighted by atomic mass is 10.1. The molecule has 0 aliphatic rings. The van der Waals surface area contributed by atoms with E-state index in [9.17, 15) is 4.79 Å². The van der Waals surface area contributed by atoms with E-state index in [-0.39, 0.29) is 5.78 Å². The summed E-state index contributed by atoms with van der Waals surface area (Å²) in [5.74, 6) is 1.23. The summed E-state index contributed by atoms with van der Waals surface area (Å²) in [6.07, 6.45) is 0.356. The van der Waals surface area contributed by atoms with Crippen molar-refractivity contribution in [1.82, 2.24) is 0 Å². The number of Topliss-reactive ketones (excluding diaryl/α,β-unsaturated/α-hetero) is 1. The number of rotatable bonds is 8. The number of ether oxygens (including phenoxy) is 2. The van der Waals surface area contributed by atoms with Crippen LogP contribution in [0.2, 0.25) is 0 Å². The zero-order chi connectivity index (χ0) is 22.4. The molecular weight excluding hydrogens is 415 g/mol. The third-order valence-corrected chi connectivity index (χ3v) is 9.98. The van der Waals surface area contributed by atoms with Crippen LogP contribution in [0, 0.1) is 0 Å². The zero-order valence-electron chi connectivity index (χ0n) is 18.3. The van der Waals surface area contributed by atoms with Gasteiger partial charge in [-0.2, -0.15) is 0 Å². The Morgan fingerprint density at radius 3 is 1.53 bits per heavy atom. The predicted octanol–water partition coefficient (Wildman–Crippen LogP) is 4.88. The molecule has 0 N–H and O–H groups in total. The molecule has 0 spiro atoms. The number of hydrogen-bond acceptors (Lipinski definition) is 3. The summed E-state index contributed by atoms with van der Waals surface area (Å²) < 4.78 is 10.9. The molecule has 0 bridgehead atoms. The maximum absolute atomic E-state index is 13.9. The van der Waals surface area contributed by atoms with Crippen molar-refractivity contribution in [2.45, 2.75) is 0 Å². The lowest BCUT2D eigenvalue weighted by molar-refractivity contribution is 0.101. The largest absolute Gasteiger partial charge is 0.497 e. The Morgan fingerprint density at radius 1 is 0.656 bits per heavy atom. The van der Waals surface area contributed by atoms with Gasteiger partial charge in [0.2, 0.25) is 5.78 Å². The molecule has 3 nitrogen and oxygen atoms in total. The van der Waals surface area contributed by atoms with Gasteiger partial charge < -0.3 is 9.47 Å². The highest BCUT2D eigenvalue weighted by Crippen LogP contribution is 2.55. The van der Waals surface area contributed by atoms with E-state index < -0.39 is 7.26 Å². The highest BCUT2D eigenvalue weighted by Gasteiger charge is 2.47. The van der Waals surface area contributed by atoms with Crippen LogP contribution in [-0.4, -0.2) is 26.2 Å². The predicted molar refractivity (Wildman–Crippen MR) is 134 cm³/mol. The fourth-order valence-electron chi connectivity index (χ4n) is 4.10. The highest BCUT2D eigenvalue weighted by molar-refractivity contribution is 7.96. The first-order valence-electron chi connectivity index (χ1n) is 10.5. The Bertz CT molecular complexity index is 1080. The maximum atomic E-state index is 13.9. The smallest absolute Gasteiger partial charge is 0.204 e. The quantitative estimate of drug-likeness (QED) is 0.289. The molecule has 0 saturated heterocycles. The standard InChI is InChI=1S/C28H26O3P/c1-30-22-18-19-28(31-2)26(20-22)27(29)21-32(23-12-6-3-7-13-23,24-14-8-4-9-15-24)25-16-10-5-11-17-25/h3-20H,21H2,1-2H3/q+1. The monoisotopic (exact) mass is 441 g/mol. The van der Waals surface area contributed by atoms with Gasteiger partial charge in [-0.25, -0.2) is 0 Å². The van der Waals surface area contributed by atoms with Gasteiger partial charge in [0.25, 0.3) is 0 Å². The fraction of sp³-hybridized carbons (Fsp3) is 0.107. The van der Waals surface area contributed by atoms with Gasteiger partial charge in [-0.1, -0.05) is 54.6 Å². The number of carbonyl (C=O) groups is 1. The Labute approximate surface area is 190 Å². The molecule has 0 atom stereocenters. The van der Waals surface area contributed by atoms with Crippen LogP contribution in [0.25, 0.3) is 0 Å². The molecule has 0 saturated carbocycles. The van der Waals surface area contributed by atoms with E-state index in [1.807, 2.05) is 60.7 Å². The third kappa shape index (κ3) is 4.17. The molecule has 0 fully saturated rings. The first kappa shape index (κ1) is 21.8. The second kappa shape index (κ2) is 9.80. The second-order valence-corrected chi connectivity index (χ2v) is 10.9. The molecule has 0 aliphatic carbocycles. The van der Waals surface area contributed by atoms with Gasteiger partial charge in [-0.05, 0) is 54.6 Å². The fourth-order valence-corrected chi connectivity index (χ4v) is 8.19. The lowest BCUT2D eigenvalue weighted by Crippen LogP contribution is -2.35. The first-order chi connectivity index (χ1) is 15.7. The van der Waals surface area contributed by atoms with Crippen molar-refractivity contribution in [3.8, 4) is 11.5 Å². The average Bonchev–Trinajstić information content (AvgIpc) is 2.88. The summed E-state index contributed by atoms with van der Waals surface area (Å²) in [7, 11) is 0.918. The van der Waals surface area contributed by atoms with Crippen molar-refractivity contribution in [3.63, 3.8) is 0 Å². The zero-order valence-corrected chi connectivity index (χ0v) is 19.2. The topological polar surface area (TPSA) is 35.5 Å². The Balaban J connectivity index is 1.94. The van der Waals surface area contributed by atoms with Crippen molar-refractivity contribution in [1.29, 1.82) is 0 Å². The summed E-state index contributed by atoms with van der Waals surface area (Å²) in [6.45, 7) is 0. The van der Waals surface area contributed by atoms with Crippen LogP contribution in [0.1, 0.15) is 10.4 Å². The lowest BCUT2D eigenvalue weighted by Gasteiger charge is -2.27. The summed E-state index contributed by atoms with van der Waals surface area (Å²) in [5, 5.41) is 3.52. The Hall–Kier alpha value is -3.42. The third-order valence-electron chi connectivity index (χ3n) is 5.68. The van der Waals surface area contributed by atoms with Gasteiger partial charge in [0.15, 0.2) is 0 Å². The van der Waals surface area contributed by atoms with Crippen LogP contribution in [0.5, 0.6) is 11.5 Å². The van der Waals surface area contributed by atoms with Gasteiger partial charge >= 0.3 is 0 Å². The van der Waals surface area contributed by atoms with E-state index in [1.165, 1.54) is 15.9 Å². The van der Waals surface area contributed by atoms with Crippen LogP contribution in [0.3, 0.4) is 0 Å². The van der Waals surface area contributed by atoms with Gasteiger partial charge in [0.1, 0.15) is 40.8 Å². The van der Waals surface area contributed by atoms with Crippen LogP contribution < -0.4 is 25.4 Å². The number of methoxy groups -OCH3 is 2. The highest BCUT2D eigenvalue weighted by atomic mass is 31.2. The molecule has 4 aromatic carbocycles. The van der Waals surface area contributed by atoms with Gasteiger partial charge in [-0.15, -0.1) is 0 Å². The Kier molecular flexibility index (Phi) is 6.68. The van der Waals surface area contributed by atoms with Crippen molar-refractivity contribution in [2.75, 3.05) is 20.4 Å². The van der Waals surface area contributed by atoms with Gasteiger partial charge in [-0.3, -0.25) is 4.79 Å². The average molecular weight is 441 g/mol. The van der Waals surface area contributed by atoms with E-state index in [1.54, 1.807) is 26.4 Å². The Morgan fingerprint density at radius 2 is 1.12 bits per heavy atom. The molecule has 4 rings (SSSR count). The molecule has 4 aromatic rings. The van der Waals surface area contributed by atoms with E-state index >= 15 is 0 Å². The molecule has 0 heterocycles.